The van der Waals surface area contributed by atoms with Crippen LogP contribution in [0.5, 0.6) is 0 Å². The highest BCUT2D eigenvalue weighted by Crippen LogP contribution is 2.16. The fourth-order valence-corrected chi connectivity index (χ4v) is 1.95. The van der Waals surface area contributed by atoms with Crippen molar-refractivity contribution in [1.29, 1.82) is 0 Å². The minimum absolute atomic E-state index is 0.117. The highest BCUT2D eigenvalue weighted by molar-refractivity contribution is 9.09. The molecule has 0 aliphatic rings. The third kappa shape index (κ3) is 5.35. The van der Waals surface area contributed by atoms with Gasteiger partial charge in [-0.2, -0.15) is 0 Å². The second kappa shape index (κ2) is 4.65. The number of carbonyl (C=O) groups is 1. The minimum atomic E-state index is -0.172. The van der Waals surface area contributed by atoms with E-state index in [9.17, 15) is 4.79 Å². The number of amides is 1. The van der Waals surface area contributed by atoms with Crippen molar-refractivity contribution in [2.24, 2.45) is 0 Å². The Morgan fingerprint density at radius 3 is 2.58 bits per heavy atom. The normalized spacial score (nSPS) is 13.7. The van der Waals surface area contributed by atoms with E-state index in [2.05, 4.69) is 34.7 Å². The van der Waals surface area contributed by atoms with Crippen LogP contribution in [0.25, 0.3) is 0 Å². The van der Waals surface area contributed by atoms with E-state index in [0.717, 1.165) is 6.42 Å². The first-order valence-electron chi connectivity index (χ1n) is 3.96. The lowest BCUT2D eigenvalue weighted by atomic mass is 9.99. The summed E-state index contributed by atoms with van der Waals surface area (Å²) in [6.07, 6.45) is 2.19. The molecule has 0 saturated heterocycles. The fourth-order valence-electron chi connectivity index (χ4n) is 1.14. The van der Waals surface area contributed by atoms with Crippen molar-refractivity contribution >= 4 is 21.8 Å². The van der Waals surface area contributed by atoms with E-state index in [4.69, 9.17) is 0 Å². The molecule has 0 aromatic rings. The first kappa shape index (κ1) is 11.7. The molecule has 0 aromatic carbocycles. The average molecular weight is 234 g/mol. The third-order valence-corrected chi connectivity index (χ3v) is 1.76. The van der Waals surface area contributed by atoms with Crippen LogP contribution in [-0.4, -0.2) is 16.3 Å². The third-order valence-electron chi connectivity index (χ3n) is 1.44. The SMILES string of the molecule is C=CC(=O)NC(C)(C)CC(C)Br. The number of rotatable bonds is 4. The number of alkyl halides is 1. The molecule has 0 aliphatic heterocycles. The lowest BCUT2D eigenvalue weighted by molar-refractivity contribution is -0.118. The largest absolute Gasteiger partial charge is 0.348 e. The van der Waals surface area contributed by atoms with Crippen LogP contribution in [0.4, 0.5) is 0 Å². The molecule has 70 valence electrons. The van der Waals surface area contributed by atoms with Crippen LogP contribution in [0, 0.1) is 0 Å². The number of carbonyl (C=O) groups excluding carboxylic acids is 1. The molecule has 1 N–H and O–H groups in total. The van der Waals surface area contributed by atoms with Gasteiger partial charge in [-0.1, -0.05) is 29.4 Å². The monoisotopic (exact) mass is 233 g/mol. The van der Waals surface area contributed by atoms with Crippen LogP contribution in [0.3, 0.4) is 0 Å². The molecule has 0 bridgehead atoms. The Hall–Kier alpha value is -0.310. The lowest BCUT2D eigenvalue weighted by Gasteiger charge is -2.26. The fraction of sp³-hybridized carbons (Fsp3) is 0.667. The topological polar surface area (TPSA) is 29.1 Å². The van der Waals surface area contributed by atoms with Gasteiger partial charge >= 0.3 is 0 Å². The van der Waals surface area contributed by atoms with Crippen LogP contribution in [0.1, 0.15) is 27.2 Å². The molecular weight excluding hydrogens is 218 g/mol. The van der Waals surface area contributed by atoms with E-state index in [1.54, 1.807) is 0 Å². The van der Waals surface area contributed by atoms with Gasteiger partial charge in [0.15, 0.2) is 0 Å². The maximum atomic E-state index is 11.0. The van der Waals surface area contributed by atoms with Gasteiger partial charge in [0.25, 0.3) is 0 Å². The van der Waals surface area contributed by atoms with Crippen molar-refractivity contribution in [3.63, 3.8) is 0 Å². The molecule has 0 heterocycles. The van der Waals surface area contributed by atoms with Crippen molar-refractivity contribution in [3.05, 3.63) is 12.7 Å². The van der Waals surface area contributed by atoms with Crippen LogP contribution in [0.15, 0.2) is 12.7 Å². The molecule has 0 aliphatic carbocycles. The van der Waals surface area contributed by atoms with Crippen LogP contribution in [0.2, 0.25) is 0 Å². The summed E-state index contributed by atoms with van der Waals surface area (Å²) < 4.78 is 0. The molecule has 0 rings (SSSR count). The molecule has 0 radical (unpaired) electrons. The Morgan fingerprint density at radius 1 is 1.75 bits per heavy atom. The highest BCUT2D eigenvalue weighted by Gasteiger charge is 2.20. The van der Waals surface area contributed by atoms with Crippen molar-refractivity contribution < 1.29 is 4.79 Å². The van der Waals surface area contributed by atoms with Gasteiger partial charge in [0.1, 0.15) is 0 Å². The molecule has 3 heteroatoms. The highest BCUT2D eigenvalue weighted by atomic mass is 79.9. The summed E-state index contributed by atoms with van der Waals surface area (Å²) in [6, 6.07) is 0. The molecule has 1 amide bonds. The second-order valence-electron chi connectivity index (χ2n) is 3.56. The minimum Gasteiger partial charge on any atom is -0.348 e. The zero-order valence-electron chi connectivity index (χ0n) is 7.86. The Bertz CT molecular complexity index is 175. The van der Waals surface area contributed by atoms with E-state index >= 15 is 0 Å². The summed E-state index contributed by atoms with van der Waals surface area (Å²) in [5.41, 5.74) is -0.172. The van der Waals surface area contributed by atoms with E-state index in [-0.39, 0.29) is 11.4 Å². The Balaban J connectivity index is 4.02. The van der Waals surface area contributed by atoms with Gasteiger partial charge < -0.3 is 5.32 Å². The number of hydrogen-bond donors (Lipinski definition) is 1. The molecule has 1 atom stereocenters. The van der Waals surface area contributed by atoms with Gasteiger partial charge in [-0.3, -0.25) is 4.79 Å². The summed E-state index contributed by atoms with van der Waals surface area (Å²) >= 11 is 3.44. The molecule has 12 heavy (non-hydrogen) atoms. The maximum absolute atomic E-state index is 11.0. The Labute approximate surface area is 82.5 Å². The van der Waals surface area contributed by atoms with Crippen LogP contribution >= 0.6 is 15.9 Å². The van der Waals surface area contributed by atoms with Crippen molar-refractivity contribution in [2.75, 3.05) is 0 Å². The van der Waals surface area contributed by atoms with Crippen LogP contribution in [-0.2, 0) is 4.79 Å². The van der Waals surface area contributed by atoms with Gasteiger partial charge in [-0.15, -0.1) is 0 Å². The maximum Gasteiger partial charge on any atom is 0.243 e. The van der Waals surface area contributed by atoms with E-state index in [1.165, 1.54) is 6.08 Å². The summed E-state index contributed by atoms with van der Waals surface area (Å²) in [6.45, 7) is 9.44. The standard InChI is InChI=1S/C9H16BrNO/c1-5-8(12)11-9(3,4)6-7(2)10/h5,7H,1,6H2,2-4H3,(H,11,12). The Kier molecular flexibility index (Phi) is 4.53. The van der Waals surface area contributed by atoms with Gasteiger partial charge in [0.05, 0.1) is 0 Å². The molecule has 0 spiro atoms. The summed E-state index contributed by atoms with van der Waals surface area (Å²) in [5.74, 6) is -0.117. The van der Waals surface area contributed by atoms with Crippen molar-refractivity contribution in [2.45, 2.75) is 37.6 Å². The summed E-state index contributed by atoms with van der Waals surface area (Å²) in [5, 5.41) is 2.85. The average Bonchev–Trinajstić information content (AvgIpc) is 1.83. The first-order chi connectivity index (χ1) is 5.37. The van der Waals surface area contributed by atoms with Gasteiger partial charge in [0.2, 0.25) is 5.91 Å². The van der Waals surface area contributed by atoms with E-state index < -0.39 is 0 Å². The number of nitrogens with one attached hydrogen (secondary N) is 1. The summed E-state index contributed by atoms with van der Waals surface area (Å²) in [4.78, 5) is 11.4. The van der Waals surface area contributed by atoms with Gasteiger partial charge in [-0.25, -0.2) is 0 Å². The van der Waals surface area contributed by atoms with E-state index in [0.29, 0.717) is 4.83 Å². The van der Waals surface area contributed by atoms with Crippen molar-refractivity contribution in [1.82, 2.24) is 5.32 Å². The quantitative estimate of drug-likeness (QED) is 0.586. The van der Waals surface area contributed by atoms with Gasteiger partial charge in [-0.05, 0) is 26.3 Å². The Morgan fingerprint density at radius 2 is 2.25 bits per heavy atom. The number of halogens is 1. The lowest BCUT2D eigenvalue weighted by Crippen LogP contribution is -2.43. The predicted molar refractivity (Wildman–Crippen MR) is 55.4 cm³/mol. The molecule has 0 fully saturated rings. The van der Waals surface area contributed by atoms with Gasteiger partial charge in [0, 0.05) is 10.4 Å². The smallest absolute Gasteiger partial charge is 0.243 e. The van der Waals surface area contributed by atoms with E-state index in [1.807, 2.05) is 13.8 Å². The summed E-state index contributed by atoms with van der Waals surface area (Å²) in [7, 11) is 0. The zero-order chi connectivity index (χ0) is 9.78. The molecule has 0 saturated carbocycles. The zero-order valence-corrected chi connectivity index (χ0v) is 9.44. The molecule has 2 nitrogen and oxygen atoms in total. The van der Waals surface area contributed by atoms with Crippen LogP contribution < -0.4 is 5.32 Å². The van der Waals surface area contributed by atoms with Crippen molar-refractivity contribution in [3.8, 4) is 0 Å². The molecule has 1 unspecified atom stereocenters. The first-order valence-corrected chi connectivity index (χ1v) is 4.87. The molecule has 0 aromatic heterocycles. The predicted octanol–water partition coefficient (Wildman–Crippen LogP) is 2.24. The molecular formula is C9H16BrNO. The number of hydrogen-bond acceptors (Lipinski definition) is 1. The second-order valence-corrected chi connectivity index (χ2v) is 5.13.